The van der Waals surface area contributed by atoms with Gasteiger partial charge in [-0.05, 0) is 61.6 Å². The number of urea groups is 1. The van der Waals surface area contributed by atoms with E-state index in [9.17, 15) is 18.8 Å². The zero-order valence-corrected chi connectivity index (χ0v) is 21.1. The van der Waals surface area contributed by atoms with Crippen LogP contribution in [0.4, 0.5) is 20.7 Å². The van der Waals surface area contributed by atoms with Gasteiger partial charge in [-0.25, -0.2) is 29.1 Å². The number of pyridine rings is 1. The fourth-order valence-electron chi connectivity index (χ4n) is 5.36. The number of nitrogen functional groups attached to an aromatic ring is 1. The molecule has 0 unspecified atom stereocenters. The summed E-state index contributed by atoms with van der Waals surface area (Å²) in [7, 11) is 1.70. The highest BCUT2D eigenvalue weighted by atomic mass is 19.1. The van der Waals surface area contributed by atoms with Gasteiger partial charge in [-0.1, -0.05) is 19.1 Å². The summed E-state index contributed by atoms with van der Waals surface area (Å²) in [5.74, 6) is -1.68. The van der Waals surface area contributed by atoms with Crippen LogP contribution in [0.5, 0.6) is 0 Å². The first kappa shape index (κ1) is 24.4. The van der Waals surface area contributed by atoms with Crippen molar-refractivity contribution in [2.75, 3.05) is 10.7 Å². The zero-order valence-electron chi connectivity index (χ0n) is 21.1. The molecule has 2 saturated heterocycles. The quantitative estimate of drug-likeness (QED) is 0.515. The minimum absolute atomic E-state index is 0.244. The average molecular weight is 506 g/mol. The van der Waals surface area contributed by atoms with Crippen molar-refractivity contribution in [1.29, 1.82) is 0 Å². The summed E-state index contributed by atoms with van der Waals surface area (Å²) >= 11 is 0. The summed E-state index contributed by atoms with van der Waals surface area (Å²) in [5, 5.41) is 6.74. The number of fused-ring (bicyclic) bond motifs is 1. The third-order valence-electron chi connectivity index (χ3n) is 7.07. The van der Waals surface area contributed by atoms with Gasteiger partial charge < -0.3 is 5.73 Å². The van der Waals surface area contributed by atoms with E-state index in [1.54, 1.807) is 45.3 Å². The molecule has 0 aliphatic carbocycles. The lowest BCUT2D eigenvalue weighted by atomic mass is 9.81. The molecule has 37 heavy (non-hydrogen) atoms. The fraction of sp³-hybridized carbons (Fsp3) is 0.346. The lowest BCUT2D eigenvalue weighted by molar-refractivity contribution is -0.162. The number of amides is 4. The fourth-order valence-corrected chi connectivity index (χ4v) is 5.36. The molecule has 0 bridgehead atoms. The molecule has 2 fully saturated rings. The van der Waals surface area contributed by atoms with Crippen molar-refractivity contribution < 1.29 is 18.8 Å². The molecule has 0 radical (unpaired) electrons. The Kier molecular flexibility index (Phi) is 5.93. The number of carbonyl (C=O) groups is 3. The predicted molar refractivity (Wildman–Crippen MR) is 133 cm³/mol. The average Bonchev–Trinajstić information content (AvgIpc) is 3.27. The van der Waals surface area contributed by atoms with Crippen LogP contribution in [0.15, 0.2) is 42.7 Å². The molecule has 2 aliphatic rings. The maximum Gasteiger partial charge on any atom is 0.347 e. The highest BCUT2D eigenvalue weighted by molar-refractivity contribution is 6.16. The van der Waals surface area contributed by atoms with E-state index >= 15 is 0 Å². The van der Waals surface area contributed by atoms with Crippen LogP contribution in [-0.2, 0) is 23.1 Å². The molecule has 0 spiro atoms. The van der Waals surface area contributed by atoms with Gasteiger partial charge in [0, 0.05) is 12.7 Å². The minimum Gasteiger partial charge on any atom is -0.384 e. The molecular formula is C26H28FN7O3. The second-order valence-corrected chi connectivity index (χ2v) is 9.53. The van der Waals surface area contributed by atoms with Gasteiger partial charge in [0.25, 0.3) is 5.91 Å². The first-order valence-electron chi connectivity index (χ1n) is 12.1. The molecule has 1 aromatic carbocycles. The lowest BCUT2D eigenvalue weighted by Crippen LogP contribution is -2.78. The minimum atomic E-state index is -0.975. The maximum absolute atomic E-state index is 14.5. The van der Waals surface area contributed by atoms with Crippen LogP contribution >= 0.6 is 0 Å². The predicted octanol–water partition coefficient (Wildman–Crippen LogP) is 3.06. The molecule has 3 aromatic rings. The van der Waals surface area contributed by atoms with Crippen molar-refractivity contribution in [2.24, 2.45) is 13.0 Å². The van der Waals surface area contributed by atoms with Crippen molar-refractivity contribution in [1.82, 2.24) is 24.7 Å². The highest BCUT2D eigenvalue weighted by Crippen LogP contribution is 2.42. The molecule has 0 saturated carbocycles. The molecule has 2 N–H and O–H groups in total. The molecular weight excluding hydrogens is 477 g/mol. The van der Waals surface area contributed by atoms with Gasteiger partial charge >= 0.3 is 6.03 Å². The van der Waals surface area contributed by atoms with Crippen molar-refractivity contribution in [2.45, 2.75) is 45.7 Å². The number of hydrogen-bond acceptors (Lipinski definition) is 6. The highest BCUT2D eigenvalue weighted by Gasteiger charge is 2.62. The number of halogens is 1. The van der Waals surface area contributed by atoms with E-state index in [2.05, 4.69) is 10.1 Å². The number of nitrogens with two attached hydrogens (primary N) is 1. The number of aromatic nitrogens is 3. The summed E-state index contributed by atoms with van der Waals surface area (Å²) in [5.41, 5.74) is 8.66. The molecule has 2 aliphatic heterocycles. The van der Waals surface area contributed by atoms with Crippen molar-refractivity contribution in [3.63, 3.8) is 0 Å². The van der Waals surface area contributed by atoms with E-state index in [0.29, 0.717) is 34.7 Å². The lowest BCUT2D eigenvalue weighted by Gasteiger charge is -2.55. The van der Waals surface area contributed by atoms with Crippen LogP contribution in [0.1, 0.15) is 41.8 Å². The number of nitrogens with zero attached hydrogens (tertiary/aromatic N) is 6. The Labute approximate surface area is 213 Å². The second kappa shape index (κ2) is 8.99. The Morgan fingerprint density at radius 3 is 2.54 bits per heavy atom. The first-order valence-corrected chi connectivity index (χ1v) is 12.1. The number of benzene rings is 1. The number of hydrazine groups is 1. The Hall–Kier alpha value is -4.28. The van der Waals surface area contributed by atoms with Crippen LogP contribution in [0.3, 0.4) is 0 Å². The molecule has 5 rings (SSSR count). The SMILES string of the molecule is CC[C@H](c1cccc(F)c1C)N1C(=O)N2C(=O)[C@H](Cc3cc(C)nc(N)c3)[C@H]2C(=O)N1c1cnn(C)c1. The van der Waals surface area contributed by atoms with Gasteiger partial charge in [0.2, 0.25) is 5.91 Å². The van der Waals surface area contributed by atoms with Crippen LogP contribution in [0.2, 0.25) is 0 Å². The number of aryl methyl sites for hydroxylation is 2. The van der Waals surface area contributed by atoms with E-state index in [1.165, 1.54) is 27.0 Å². The van der Waals surface area contributed by atoms with Crippen molar-refractivity contribution >= 4 is 29.4 Å². The number of carbonyl (C=O) groups excluding carboxylic acids is 3. The van der Waals surface area contributed by atoms with E-state index in [-0.39, 0.29) is 6.42 Å². The number of anilines is 2. The molecule has 10 nitrogen and oxygen atoms in total. The van der Waals surface area contributed by atoms with Crippen LogP contribution in [0.25, 0.3) is 0 Å². The molecule has 4 heterocycles. The van der Waals surface area contributed by atoms with Gasteiger partial charge in [0.05, 0.1) is 24.4 Å². The molecule has 2 aromatic heterocycles. The number of β-lactam (4-membered cyclic amide) rings is 1. The van der Waals surface area contributed by atoms with E-state index in [1.807, 2.05) is 13.0 Å². The van der Waals surface area contributed by atoms with Gasteiger partial charge in [0.15, 0.2) is 0 Å². The van der Waals surface area contributed by atoms with Crippen molar-refractivity contribution in [3.05, 3.63) is 70.9 Å². The smallest absolute Gasteiger partial charge is 0.347 e. The van der Waals surface area contributed by atoms with Crippen LogP contribution in [0, 0.1) is 25.6 Å². The largest absolute Gasteiger partial charge is 0.384 e. The van der Waals surface area contributed by atoms with Crippen molar-refractivity contribution in [3.8, 4) is 0 Å². The maximum atomic E-state index is 14.5. The first-order chi connectivity index (χ1) is 17.6. The standard InChI is InChI=1S/C26H28FN7O3/c1-5-21(18-7-6-8-20(27)15(18)3)34-26(37)32-23(25(36)33(34)17-12-29-31(4)13-17)19(24(32)35)10-16-9-14(2)30-22(28)11-16/h6-9,11-13,19,21,23H,5,10H2,1-4H3,(H2,28,30)/t19-,21-,23+/m1/s1. The van der Waals surface area contributed by atoms with Gasteiger partial charge in [-0.3, -0.25) is 14.3 Å². The molecule has 3 atom stereocenters. The topological polar surface area (TPSA) is 118 Å². The summed E-state index contributed by atoms with van der Waals surface area (Å²) < 4.78 is 16.0. The number of rotatable bonds is 6. The zero-order chi connectivity index (χ0) is 26.6. The second-order valence-electron chi connectivity index (χ2n) is 9.53. The number of hydrogen-bond donors (Lipinski definition) is 1. The summed E-state index contributed by atoms with van der Waals surface area (Å²) in [6.07, 6.45) is 3.74. The van der Waals surface area contributed by atoms with E-state index < -0.39 is 41.7 Å². The Balaban J connectivity index is 1.57. The van der Waals surface area contributed by atoms with Gasteiger partial charge in [-0.2, -0.15) is 5.10 Å². The molecule has 192 valence electrons. The summed E-state index contributed by atoms with van der Waals surface area (Å²) in [6, 6.07) is 5.84. The van der Waals surface area contributed by atoms with Crippen LogP contribution in [-0.4, -0.2) is 48.6 Å². The Morgan fingerprint density at radius 2 is 1.89 bits per heavy atom. The van der Waals surface area contributed by atoms with E-state index in [4.69, 9.17) is 5.73 Å². The third-order valence-corrected chi connectivity index (χ3v) is 7.07. The monoisotopic (exact) mass is 505 g/mol. The summed E-state index contributed by atoms with van der Waals surface area (Å²) in [6.45, 7) is 5.27. The normalized spacial score (nSPS) is 20.2. The molecule has 4 amide bonds. The summed E-state index contributed by atoms with van der Waals surface area (Å²) in [4.78, 5) is 46.4. The Morgan fingerprint density at radius 1 is 1.14 bits per heavy atom. The number of imide groups is 1. The van der Waals surface area contributed by atoms with Gasteiger partial charge in [-0.15, -0.1) is 0 Å². The Bertz CT molecular complexity index is 1400. The van der Waals surface area contributed by atoms with Gasteiger partial charge in [0.1, 0.15) is 23.4 Å². The molecule has 11 heteroatoms. The van der Waals surface area contributed by atoms with Crippen LogP contribution < -0.4 is 10.7 Å². The van der Waals surface area contributed by atoms with E-state index in [0.717, 1.165) is 10.5 Å². The third kappa shape index (κ3) is 3.90.